The van der Waals surface area contributed by atoms with Crippen molar-refractivity contribution in [3.8, 4) is 6.07 Å². The lowest BCUT2D eigenvalue weighted by molar-refractivity contribution is 1.10. The van der Waals surface area contributed by atoms with E-state index in [0.717, 1.165) is 5.52 Å². The van der Waals surface area contributed by atoms with E-state index in [-0.39, 0.29) is 5.69 Å². The summed E-state index contributed by atoms with van der Waals surface area (Å²) in [5.74, 6) is 0. The van der Waals surface area contributed by atoms with E-state index >= 15 is 0 Å². The Labute approximate surface area is 72.8 Å². The minimum atomic E-state index is 0.281. The third-order valence-electron chi connectivity index (χ3n) is 1.54. The van der Waals surface area contributed by atoms with E-state index in [2.05, 4.69) is 15.2 Å². The minimum absolute atomic E-state index is 0.281. The highest BCUT2D eigenvalue weighted by Gasteiger charge is 2.08. The topological polar surface area (TPSA) is 65.4 Å². The number of hydrogen-bond acceptors (Lipinski definition) is 3. The van der Waals surface area contributed by atoms with Gasteiger partial charge in [-0.05, 0) is 6.07 Å². The van der Waals surface area contributed by atoms with Crippen LogP contribution in [0.1, 0.15) is 5.69 Å². The average Bonchev–Trinajstić information content (AvgIpc) is 2.49. The molecule has 0 unspecified atom stereocenters. The molecule has 5 heteroatoms. The van der Waals surface area contributed by atoms with Gasteiger partial charge in [0.1, 0.15) is 11.2 Å². The van der Waals surface area contributed by atoms with Crippen LogP contribution in [0.3, 0.4) is 0 Å². The Kier molecular flexibility index (Phi) is 1.45. The molecule has 0 saturated heterocycles. The SMILES string of the molecule is N#Cc1n[nH]c2ccnc(Cl)c12. The van der Waals surface area contributed by atoms with Gasteiger partial charge in [0.15, 0.2) is 5.69 Å². The van der Waals surface area contributed by atoms with Gasteiger partial charge < -0.3 is 0 Å². The van der Waals surface area contributed by atoms with Crippen LogP contribution < -0.4 is 0 Å². The molecule has 0 aliphatic carbocycles. The fourth-order valence-electron chi connectivity index (χ4n) is 1.01. The fraction of sp³-hybridized carbons (Fsp3) is 0. The Morgan fingerprint density at radius 3 is 3.17 bits per heavy atom. The molecule has 2 aromatic rings. The molecule has 0 aromatic carbocycles. The first-order valence-corrected chi connectivity index (χ1v) is 3.59. The predicted molar refractivity (Wildman–Crippen MR) is 43.6 cm³/mol. The van der Waals surface area contributed by atoms with Crippen molar-refractivity contribution in [3.63, 3.8) is 0 Å². The maximum absolute atomic E-state index is 8.63. The maximum atomic E-state index is 8.63. The normalized spacial score (nSPS) is 10.0. The third kappa shape index (κ3) is 0.840. The van der Waals surface area contributed by atoms with Gasteiger partial charge in [-0.25, -0.2) is 4.98 Å². The molecule has 0 amide bonds. The number of hydrogen-bond donors (Lipinski definition) is 1. The van der Waals surface area contributed by atoms with Gasteiger partial charge in [0, 0.05) is 6.20 Å². The molecule has 0 saturated carbocycles. The number of nitrogens with one attached hydrogen (secondary N) is 1. The average molecular weight is 179 g/mol. The Morgan fingerprint density at radius 2 is 2.42 bits per heavy atom. The molecule has 0 aliphatic rings. The highest BCUT2D eigenvalue weighted by atomic mass is 35.5. The van der Waals surface area contributed by atoms with Gasteiger partial charge in [-0.15, -0.1) is 0 Å². The molecular weight excluding hydrogens is 176 g/mol. The van der Waals surface area contributed by atoms with Crippen molar-refractivity contribution < 1.29 is 0 Å². The van der Waals surface area contributed by atoms with Crippen LogP contribution in [0.4, 0.5) is 0 Å². The molecule has 2 rings (SSSR count). The van der Waals surface area contributed by atoms with Crippen LogP contribution in [0.2, 0.25) is 5.15 Å². The number of nitriles is 1. The molecule has 0 radical (unpaired) electrons. The number of H-pyrrole nitrogens is 1. The summed E-state index contributed by atoms with van der Waals surface area (Å²) in [4.78, 5) is 3.84. The van der Waals surface area contributed by atoms with Gasteiger partial charge in [0.05, 0.1) is 10.9 Å². The standard InChI is InChI=1S/C7H3ClN4/c8-7-6-4(1-2-10-7)11-12-5(6)3-9/h1-2H,(H,11,12). The number of aromatic amines is 1. The van der Waals surface area contributed by atoms with E-state index in [9.17, 15) is 0 Å². The van der Waals surface area contributed by atoms with Crippen LogP contribution in [0.25, 0.3) is 10.9 Å². The van der Waals surface area contributed by atoms with Crippen LogP contribution in [0.15, 0.2) is 12.3 Å². The van der Waals surface area contributed by atoms with Crippen LogP contribution in [-0.4, -0.2) is 15.2 Å². The first-order chi connectivity index (χ1) is 5.83. The Morgan fingerprint density at radius 1 is 1.58 bits per heavy atom. The van der Waals surface area contributed by atoms with Gasteiger partial charge in [-0.2, -0.15) is 10.4 Å². The quantitative estimate of drug-likeness (QED) is 0.622. The lowest BCUT2D eigenvalue weighted by Gasteiger charge is -1.89. The number of aromatic nitrogens is 3. The summed E-state index contributed by atoms with van der Waals surface area (Å²) in [7, 11) is 0. The summed E-state index contributed by atoms with van der Waals surface area (Å²) in [6.45, 7) is 0. The zero-order valence-corrected chi connectivity index (χ0v) is 6.63. The monoisotopic (exact) mass is 178 g/mol. The molecule has 0 atom stereocenters. The Hall–Kier alpha value is -1.60. The summed E-state index contributed by atoms with van der Waals surface area (Å²) in [6, 6.07) is 3.64. The largest absolute Gasteiger partial charge is 0.276 e. The van der Waals surface area contributed by atoms with Crippen molar-refractivity contribution in [2.75, 3.05) is 0 Å². The highest BCUT2D eigenvalue weighted by Crippen LogP contribution is 2.21. The van der Waals surface area contributed by atoms with Crippen molar-refractivity contribution >= 4 is 22.5 Å². The molecule has 58 valence electrons. The summed E-state index contributed by atoms with van der Waals surface area (Å²) < 4.78 is 0. The van der Waals surface area contributed by atoms with Gasteiger partial charge in [0.2, 0.25) is 0 Å². The second-order valence-corrected chi connectivity index (χ2v) is 2.57. The van der Waals surface area contributed by atoms with Crippen LogP contribution in [0.5, 0.6) is 0 Å². The van der Waals surface area contributed by atoms with Gasteiger partial charge in [0.25, 0.3) is 0 Å². The first-order valence-electron chi connectivity index (χ1n) is 3.21. The van der Waals surface area contributed by atoms with E-state index < -0.39 is 0 Å². The molecule has 2 aromatic heterocycles. The molecule has 0 aliphatic heterocycles. The minimum Gasteiger partial charge on any atom is -0.276 e. The zero-order valence-electron chi connectivity index (χ0n) is 5.87. The van der Waals surface area contributed by atoms with E-state index in [1.165, 1.54) is 0 Å². The molecule has 0 spiro atoms. The highest BCUT2D eigenvalue weighted by molar-refractivity contribution is 6.34. The molecular formula is C7H3ClN4. The van der Waals surface area contributed by atoms with Crippen molar-refractivity contribution in [3.05, 3.63) is 23.1 Å². The lowest BCUT2D eigenvalue weighted by Crippen LogP contribution is -1.77. The van der Waals surface area contributed by atoms with Crippen molar-refractivity contribution in [2.24, 2.45) is 0 Å². The molecule has 2 heterocycles. The summed E-state index contributed by atoms with van der Waals surface area (Å²) >= 11 is 5.76. The molecule has 1 N–H and O–H groups in total. The van der Waals surface area contributed by atoms with E-state index in [1.54, 1.807) is 12.3 Å². The maximum Gasteiger partial charge on any atom is 0.173 e. The van der Waals surface area contributed by atoms with Crippen LogP contribution >= 0.6 is 11.6 Å². The molecule has 0 bridgehead atoms. The summed E-state index contributed by atoms with van der Waals surface area (Å²) in [5, 5.41) is 16.0. The van der Waals surface area contributed by atoms with Gasteiger partial charge in [-0.1, -0.05) is 11.6 Å². The molecule has 12 heavy (non-hydrogen) atoms. The molecule has 4 nitrogen and oxygen atoms in total. The smallest absolute Gasteiger partial charge is 0.173 e. The number of nitrogens with zero attached hydrogens (tertiary/aromatic N) is 3. The lowest BCUT2D eigenvalue weighted by atomic mass is 10.3. The van der Waals surface area contributed by atoms with Gasteiger partial charge >= 0.3 is 0 Å². The van der Waals surface area contributed by atoms with Crippen LogP contribution in [0, 0.1) is 11.3 Å². The second-order valence-electron chi connectivity index (χ2n) is 2.21. The van der Waals surface area contributed by atoms with Crippen LogP contribution in [-0.2, 0) is 0 Å². The predicted octanol–water partition coefficient (Wildman–Crippen LogP) is 1.48. The Balaban J connectivity index is 2.95. The fourth-order valence-corrected chi connectivity index (χ4v) is 1.26. The van der Waals surface area contributed by atoms with E-state index in [4.69, 9.17) is 16.9 Å². The van der Waals surface area contributed by atoms with Gasteiger partial charge in [-0.3, -0.25) is 5.10 Å². The van der Waals surface area contributed by atoms with Crippen molar-refractivity contribution in [1.29, 1.82) is 5.26 Å². The second kappa shape index (κ2) is 2.47. The van der Waals surface area contributed by atoms with E-state index in [1.807, 2.05) is 6.07 Å². The number of halogens is 1. The number of pyridine rings is 1. The number of rotatable bonds is 0. The van der Waals surface area contributed by atoms with Crippen molar-refractivity contribution in [1.82, 2.24) is 15.2 Å². The Bertz CT molecular complexity index is 468. The third-order valence-corrected chi connectivity index (χ3v) is 1.82. The summed E-state index contributed by atoms with van der Waals surface area (Å²) in [6.07, 6.45) is 1.56. The number of fused-ring (bicyclic) bond motifs is 1. The van der Waals surface area contributed by atoms with Crippen molar-refractivity contribution in [2.45, 2.75) is 0 Å². The van der Waals surface area contributed by atoms with E-state index in [0.29, 0.717) is 10.5 Å². The zero-order chi connectivity index (χ0) is 8.55. The molecule has 0 fully saturated rings. The summed E-state index contributed by atoms with van der Waals surface area (Å²) in [5.41, 5.74) is 1.01. The first kappa shape index (κ1) is 7.07.